The second kappa shape index (κ2) is 39.0. The van der Waals surface area contributed by atoms with Gasteiger partial charge in [0.1, 0.15) is 6.10 Å². The zero-order valence-corrected chi connectivity index (χ0v) is 34.0. The van der Waals surface area contributed by atoms with Crippen molar-refractivity contribution in [2.75, 3.05) is 6.61 Å². The summed E-state index contributed by atoms with van der Waals surface area (Å²) < 4.78 is 0. The number of rotatable bonds is 41. The largest absolute Gasteiger partial charge is 0.394 e. The molecule has 306 valence electrons. The highest BCUT2D eigenvalue weighted by Gasteiger charge is 2.31. The number of aliphatic hydroxyl groups is 5. The summed E-state index contributed by atoms with van der Waals surface area (Å²) in [6, 6.07) is -1.10. The minimum absolute atomic E-state index is 0.321. The normalized spacial score (nSPS) is 14.7. The van der Waals surface area contributed by atoms with E-state index in [1.54, 1.807) is 0 Å². The van der Waals surface area contributed by atoms with Crippen LogP contribution in [0.4, 0.5) is 0 Å². The first kappa shape index (κ1) is 50.3. The van der Waals surface area contributed by atoms with Gasteiger partial charge in [-0.2, -0.15) is 0 Å². The number of hydrogen-bond donors (Lipinski definition) is 6. The molecule has 6 N–H and O–H groups in total. The van der Waals surface area contributed by atoms with Gasteiger partial charge in [-0.05, 0) is 12.8 Å². The average Bonchev–Trinajstić information content (AvgIpc) is 3.13. The van der Waals surface area contributed by atoms with Gasteiger partial charge in [0.2, 0.25) is 0 Å². The van der Waals surface area contributed by atoms with Crippen molar-refractivity contribution in [3.63, 3.8) is 0 Å². The maximum atomic E-state index is 12.6. The topological polar surface area (TPSA) is 130 Å². The molecular weight excluding hydrogens is 638 g/mol. The Kier molecular flexibility index (Phi) is 38.4. The number of carbonyl (C=O) groups is 1. The molecule has 0 fully saturated rings. The Morgan fingerprint density at radius 1 is 0.412 bits per heavy atom. The fourth-order valence-electron chi connectivity index (χ4n) is 7.26. The number of aliphatic hydroxyl groups excluding tert-OH is 5. The maximum Gasteiger partial charge on any atom is 0.251 e. The Balaban J connectivity index is 3.79. The lowest BCUT2D eigenvalue weighted by Gasteiger charge is -2.28. The first-order valence-electron chi connectivity index (χ1n) is 22.5. The van der Waals surface area contributed by atoms with Crippen molar-refractivity contribution in [3.8, 4) is 0 Å². The zero-order chi connectivity index (χ0) is 37.6. The van der Waals surface area contributed by atoms with E-state index in [2.05, 4.69) is 19.2 Å². The predicted octanol–water partition coefficient (Wildman–Crippen LogP) is 10.6. The second-order valence-corrected chi connectivity index (χ2v) is 15.9. The minimum Gasteiger partial charge on any atom is -0.394 e. The van der Waals surface area contributed by atoms with Crippen molar-refractivity contribution in [1.29, 1.82) is 0 Å². The van der Waals surface area contributed by atoms with Crippen molar-refractivity contribution in [2.45, 2.75) is 269 Å². The van der Waals surface area contributed by atoms with Gasteiger partial charge in [-0.1, -0.05) is 226 Å². The Morgan fingerprint density at radius 2 is 0.667 bits per heavy atom. The van der Waals surface area contributed by atoms with Crippen LogP contribution in [-0.2, 0) is 4.79 Å². The number of amides is 1. The predicted molar refractivity (Wildman–Crippen MR) is 216 cm³/mol. The van der Waals surface area contributed by atoms with Gasteiger partial charge in [0.25, 0.3) is 5.91 Å². The summed E-state index contributed by atoms with van der Waals surface area (Å²) in [6.45, 7) is 3.96. The minimum atomic E-state index is -1.63. The molecule has 0 aliphatic carbocycles. The monoisotopic (exact) mass is 728 g/mol. The zero-order valence-electron chi connectivity index (χ0n) is 34.0. The van der Waals surface area contributed by atoms with Gasteiger partial charge in [-0.15, -0.1) is 0 Å². The number of carbonyl (C=O) groups excluding carboxylic acids is 1. The van der Waals surface area contributed by atoms with E-state index >= 15 is 0 Å². The first-order chi connectivity index (χ1) is 24.9. The van der Waals surface area contributed by atoms with E-state index in [0.717, 1.165) is 38.5 Å². The van der Waals surface area contributed by atoms with E-state index in [1.807, 2.05) is 0 Å². The van der Waals surface area contributed by atoms with E-state index < -0.39 is 43.0 Å². The van der Waals surface area contributed by atoms with Crippen molar-refractivity contribution in [1.82, 2.24) is 5.32 Å². The van der Waals surface area contributed by atoms with Crippen LogP contribution in [0, 0.1) is 0 Å². The highest BCUT2D eigenvalue weighted by atomic mass is 16.3. The third kappa shape index (κ3) is 32.4. The molecule has 0 aromatic carbocycles. The summed E-state index contributed by atoms with van der Waals surface area (Å²) in [5, 5.41) is 54.0. The molecule has 0 aliphatic heterocycles. The highest BCUT2D eigenvalue weighted by Crippen LogP contribution is 2.17. The number of hydrogen-bond acceptors (Lipinski definition) is 6. The number of unbranched alkanes of at least 4 members (excludes halogenated alkanes) is 31. The highest BCUT2D eigenvalue weighted by molar-refractivity contribution is 5.81. The molecule has 5 atom stereocenters. The molecule has 7 nitrogen and oxygen atoms in total. The molecule has 0 saturated carbocycles. The summed E-state index contributed by atoms with van der Waals surface area (Å²) in [6.07, 6.45) is 37.3. The Morgan fingerprint density at radius 3 is 0.941 bits per heavy atom. The van der Waals surface area contributed by atoms with Crippen LogP contribution < -0.4 is 5.32 Å². The van der Waals surface area contributed by atoms with Crippen molar-refractivity contribution in [3.05, 3.63) is 0 Å². The Hall–Kier alpha value is -0.730. The molecule has 0 aliphatic rings. The lowest BCUT2D eigenvalue weighted by molar-refractivity contribution is -0.138. The summed E-state index contributed by atoms with van der Waals surface area (Å²) in [7, 11) is 0. The van der Waals surface area contributed by atoms with Crippen LogP contribution in [0.3, 0.4) is 0 Å². The molecule has 0 aromatic heterocycles. The number of nitrogens with one attached hydrogen (secondary N) is 1. The molecule has 0 rings (SSSR count). The quantitative estimate of drug-likeness (QED) is 0.0348. The lowest BCUT2D eigenvalue weighted by Crippen LogP contribution is -2.54. The van der Waals surface area contributed by atoms with Crippen LogP contribution in [0.2, 0.25) is 0 Å². The third-order valence-electron chi connectivity index (χ3n) is 10.9. The van der Waals surface area contributed by atoms with Crippen molar-refractivity contribution in [2.24, 2.45) is 0 Å². The molecule has 51 heavy (non-hydrogen) atoms. The molecule has 0 bridgehead atoms. The van der Waals surface area contributed by atoms with E-state index in [4.69, 9.17) is 0 Å². The van der Waals surface area contributed by atoms with Crippen molar-refractivity contribution >= 4 is 5.91 Å². The molecule has 0 aromatic rings. The van der Waals surface area contributed by atoms with E-state index in [9.17, 15) is 30.3 Å². The summed E-state index contributed by atoms with van der Waals surface area (Å²) >= 11 is 0. The van der Waals surface area contributed by atoms with Crippen LogP contribution in [-0.4, -0.2) is 68.5 Å². The van der Waals surface area contributed by atoms with Gasteiger partial charge < -0.3 is 30.8 Å². The molecule has 0 heterocycles. The Labute approximate surface area is 316 Å². The first-order valence-corrected chi connectivity index (χ1v) is 22.5. The van der Waals surface area contributed by atoms with Crippen LogP contribution in [0.5, 0.6) is 0 Å². The molecule has 0 radical (unpaired) electrons. The van der Waals surface area contributed by atoms with Gasteiger partial charge in [-0.25, -0.2) is 0 Å². The van der Waals surface area contributed by atoms with Crippen LogP contribution >= 0.6 is 0 Å². The molecule has 1 amide bonds. The fraction of sp³-hybridized carbons (Fsp3) is 0.977. The molecule has 7 heteroatoms. The second-order valence-electron chi connectivity index (χ2n) is 15.9. The summed E-state index contributed by atoms with van der Waals surface area (Å²) in [4.78, 5) is 12.6. The third-order valence-corrected chi connectivity index (χ3v) is 10.9. The van der Waals surface area contributed by atoms with Crippen LogP contribution in [0.15, 0.2) is 0 Å². The van der Waals surface area contributed by atoms with Gasteiger partial charge in [0.05, 0.1) is 24.9 Å². The molecular formula is C44H89NO6. The van der Waals surface area contributed by atoms with Gasteiger partial charge in [0, 0.05) is 0 Å². The van der Waals surface area contributed by atoms with E-state index in [1.165, 1.54) is 173 Å². The smallest absolute Gasteiger partial charge is 0.251 e. The van der Waals surface area contributed by atoms with E-state index in [0.29, 0.717) is 12.8 Å². The molecule has 0 spiro atoms. The van der Waals surface area contributed by atoms with Gasteiger partial charge in [-0.3, -0.25) is 4.79 Å². The molecule has 0 unspecified atom stereocenters. The summed E-state index contributed by atoms with van der Waals surface area (Å²) in [5.74, 6) is -0.831. The fourth-order valence-corrected chi connectivity index (χ4v) is 7.26. The van der Waals surface area contributed by atoms with Gasteiger partial charge in [0.15, 0.2) is 6.10 Å². The van der Waals surface area contributed by atoms with Gasteiger partial charge >= 0.3 is 0 Å². The van der Waals surface area contributed by atoms with E-state index in [-0.39, 0.29) is 0 Å². The van der Waals surface area contributed by atoms with Crippen molar-refractivity contribution < 1.29 is 30.3 Å². The maximum absolute atomic E-state index is 12.6. The lowest BCUT2D eigenvalue weighted by atomic mass is 9.98. The Bertz CT molecular complexity index is 709. The van der Waals surface area contributed by atoms with Crippen LogP contribution in [0.1, 0.15) is 239 Å². The average molecular weight is 728 g/mol. The standard InChI is InChI=1S/C44H89NO6/c1-3-5-7-9-11-13-15-17-19-20-21-22-23-25-27-29-31-33-35-37-41(48)43(50)44(51)45-39(38-46)42(49)40(47)36-34-32-30-28-26-24-18-16-14-12-10-8-6-4-2/h39-43,46-50H,3-38H2,1-2H3,(H,45,51)/t39-,40+,41-,42-,43+/m0/s1. The SMILES string of the molecule is CCCCCCCCCCCCCCCCCCCCC[C@H](O)[C@@H](O)C(=O)N[C@@H](CO)[C@H](O)[C@H](O)CCCCCCCCCCCCCCCC. The summed E-state index contributed by atoms with van der Waals surface area (Å²) in [5.41, 5.74) is 0. The molecule has 0 saturated heterocycles. The van der Waals surface area contributed by atoms with Crippen LogP contribution in [0.25, 0.3) is 0 Å².